The van der Waals surface area contributed by atoms with Crippen LogP contribution < -0.4 is 5.43 Å². The Kier molecular flexibility index (Phi) is 5.97. The van der Waals surface area contributed by atoms with E-state index < -0.39 is 0 Å². The number of hydrazone groups is 1. The predicted molar refractivity (Wildman–Crippen MR) is 87.4 cm³/mol. The number of aryl methyl sites for hydroxylation is 1. The largest absolute Gasteiger partial charge is 0.273 e. The van der Waals surface area contributed by atoms with Crippen LogP contribution in [0.25, 0.3) is 0 Å². The third-order valence-corrected chi connectivity index (χ3v) is 4.25. The quantitative estimate of drug-likeness (QED) is 0.622. The average molecular weight is 286 g/mol. The highest BCUT2D eigenvalue weighted by Gasteiger charge is 2.22. The Hall–Kier alpha value is -1.64. The van der Waals surface area contributed by atoms with Crippen molar-refractivity contribution in [2.24, 2.45) is 11.0 Å². The van der Waals surface area contributed by atoms with E-state index in [-0.39, 0.29) is 11.8 Å². The third-order valence-electron chi connectivity index (χ3n) is 4.25. The zero-order valence-electron chi connectivity index (χ0n) is 13.2. The molecule has 0 saturated heterocycles. The molecule has 114 valence electrons. The van der Waals surface area contributed by atoms with Gasteiger partial charge in [-0.2, -0.15) is 5.10 Å². The molecule has 1 aliphatic rings. The van der Waals surface area contributed by atoms with Crippen LogP contribution in [-0.4, -0.2) is 11.6 Å². The number of carbonyl (C=O) groups is 1. The Labute approximate surface area is 127 Å². The lowest BCUT2D eigenvalue weighted by molar-refractivity contribution is -0.124. The summed E-state index contributed by atoms with van der Waals surface area (Å²) in [5, 5.41) is 4.25. The van der Waals surface area contributed by atoms with Gasteiger partial charge in [0.1, 0.15) is 0 Å². The molecular formula is C18H26N2O. The smallest absolute Gasteiger partial charge is 0.243 e. The Morgan fingerprint density at radius 1 is 1.24 bits per heavy atom. The maximum absolute atomic E-state index is 11.9. The van der Waals surface area contributed by atoms with Crippen molar-refractivity contribution in [3.05, 3.63) is 35.4 Å². The number of nitrogens with zero attached hydrogens (tertiary/aromatic N) is 1. The van der Waals surface area contributed by atoms with Crippen molar-refractivity contribution in [2.75, 3.05) is 0 Å². The number of hydrogen-bond donors (Lipinski definition) is 1. The molecule has 2 rings (SSSR count). The minimum Gasteiger partial charge on any atom is -0.273 e. The fourth-order valence-corrected chi connectivity index (χ4v) is 2.78. The summed E-state index contributed by atoms with van der Waals surface area (Å²) in [5.41, 5.74) is 6.02. The highest BCUT2D eigenvalue weighted by molar-refractivity contribution is 5.99. The number of amides is 1. The molecule has 0 unspecified atom stereocenters. The van der Waals surface area contributed by atoms with E-state index in [2.05, 4.69) is 41.7 Å². The number of carbonyl (C=O) groups excluding carboxylic acids is 1. The number of hydrogen-bond acceptors (Lipinski definition) is 2. The Morgan fingerprint density at radius 2 is 1.90 bits per heavy atom. The second-order valence-corrected chi connectivity index (χ2v) is 5.96. The topological polar surface area (TPSA) is 41.5 Å². The summed E-state index contributed by atoms with van der Waals surface area (Å²) in [7, 11) is 0. The lowest BCUT2D eigenvalue weighted by Gasteiger charge is -2.08. The van der Waals surface area contributed by atoms with E-state index in [1.165, 1.54) is 31.2 Å². The highest BCUT2D eigenvalue weighted by atomic mass is 16.2. The molecule has 1 fully saturated rings. The molecule has 1 aliphatic carbocycles. The van der Waals surface area contributed by atoms with Gasteiger partial charge in [0.15, 0.2) is 0 Å². The van der Waals surface area contributed by atoms with E-state index in [4.69, 9.17) is 0 Å². The maximum atomic E-state index is 11.9. The molecule has 0 spiro atoms. The van der Waals surface area contributed by atoms with Crippen LogP contribution >= 0.6 is 0 Å². The van der Waals surface area contributed by atoms with Gasteiger partial charge < -0.3 is 0 Å². The summed E-state index contributed by atoms with van der Waals surface area (Å²) in [6, 6.07) is 8.49. The monoisotopic (exact) mass is 286 g/mol. The zero-order chi connectivity index (χ0) is 15.1. The lowest BCUT2D eigenvalue weighted by Crippen LogP contribution is -2.25. The molecule has 3 heteroatoms. The number of rotatable bonds is 6. The van der Waals surface area contributed by atoms with E-state index in [0.717, 1.165) is 30.5 Å². The van der Waals surface area contributed by atoms with Gasteiger partial charge in [0.25, 0.3) is 0 Å². The first-order valence-electron chi connectivity index (χ1n) is 8.14. The highest BCUT2D eigenvalue weighted by Crippen LogP contribution is 2.24. The van der Waals surface area contributed by atoms with E-state index in [1.54, 1.807) is 0 Å². The molecule has 0 bridgehead atoms. The maximum Gasteiger partial charge on any atom is 0.243 e. The Bertz CT molecular complexity index is 484. The van der Waals surface area contributed by atoms with Gasteiger partial charge in [-0.15, -0.1) is 0 Å². The summed E-state index contributed by atoms with van der Waals surface area (Å²) >= 11 is 0. The normalized spacial score (nSPS) is 16.2. The van der Waals surface area contributed by atoms with Gasteiger partial charge in [-0.3, -0.25) is 4.79 Å². The van der Waals surface area contributed by atoms with Gasteiger partial charge in [0, 0.05) is 5.92 Å². The van der Waals surface area contributed by atoms with Crippen LogP contribution in [0, 0.1) is 5.92 Å². The molecule has 1 amide bonds. The first kappa shape index (κ1) is 15.7. The molecular weight excluding hydrogens is 260 g/mol. The second-order valence-electron chi connectivity index (χ2n) is 5.96. The van der Waals surface area contributed by atoms with Crippen molar-refractivity contribution >= 4 is 11.6 Å². The molecule has 21 heavy (non-hydrogen) atoms. The van der Waals surface area contributed by atoms with Crippen molar-refractivity contribution in [2.45, 2.75) is 58.8 Å². The Balaban J connectivity index is 1.90. The molecule has 1 saturated carbocycles. The summed E-state index contributed by atoms with van der Waals surface area (Å²) in [5.74, 6) is 0.240. The van der Waals surface area contributed by atoms with Crippen LogP contribution in [0.3, 0.4) is 0 Å². The van der Waals surface area contributed by atoms with Crippen molar-refractivity contribution in [1.29, 1.82) is 0 Å². The van der Waals surface area contributed by atoms with Gasteiger partial charge >= 0.3 is 0 Å². The van der Waals surface area contributed by atoms with Crippen molar-refractivity contribution < 1.29 is 4.79 Å². The van der Waals surface area contributed by atoms with Crippen LogP contribution in [-0.2, 0) is 11.2 Å². The summed E-state index contributed by atoms with van der Waals surface area (Å²) in [6.45, 7) is 4.15. The van der Waals surface area contributed by atoms with Crippen LogP contribution in [0.1, 0.15) is 63.5 Å². The molecule has 1 aromatic carbocycles. The summed E-state index contributed by atoms with van der Waals surface area (Å²) in [6.07, 6.45) is 7.92. The molecule has 1 aromatic rings. The number of unbranched alkanes of at least 4 members (excludes halogenated alkanes) is 1. The van der Waals surface area contributed by atoms with Gasteiger partial charge in [0.2, 0.25) is 5.91 Å². The van der Waals surface area contributed by atoms with Crippen molar-refractivity contribution in [1.82, 2.24) is 5.43 Å². The number of benzene rings is 1. The second kappa shape index (κ2) is 7.96. The predicted octanol–water partition coefficient (Wildman–Crippen LogP) is 4.06. The molecule has 0 aromatic heterocycles. The van der Waals surface area contributed by atoms with Crippen molar-refractivity contribution in [3.63, 3.8) is 0 Å². The summed E-state index contributed by atoms with van der Waals surface area (Å²) in [4.78, 5) is 11.9. The molecule has 0 aliphatic heterocycles. The van der Waals surface area contributed by atoms with E-state index in [9.17, 15) is 4.79 Å². The van der Waals surface area contributed by atoms with Crippen LogP contribution in [0.2, 0.25) is 0 Å². The number of nitrogens with one attached hydrogen (secondary N) is 1. The van der Waals surface area contributed by atoms with Gasteiger partial charge in [-0.1, -0.05) is 50.5 Å². The summed E-state index contributed by atoms with van der Waals surface area (Å²) < 4.78 is 0. The van der Waals surface area contributed by atoms with Crippen LogP contribution in [0.5, 0.6) is 0 Å². The lowest BCUT2D eigenvalue weighted by atomic mass is 10.0. The molecule has 0 radical (unpaired) electrons. The van der Waals surface area contributed by atoms with E-state index >= 15 is 0 Å². The minimum atomic E-state index is 0.0754. The van der Waals surface area contributed by atoms with Crippen LogP contribution in [0.15, 0.2) is 29.4 Å². The van der Waals surface area contributed by atoms with E-state index in [0.29, 0.717) is 0 Å². The zero-order valence-corrected chi connectivity index (χ0v) is 13.2. The third kappa shape index (κ3) is 4.69. The standard InChI is InChI=1S/C18H26N2O/c1-3-4-7-15-10-12-16(13-11-15)14(2)19-20-18(21)17-8-5-6-9-17/h10-13,17H,3-9H2,1-2H3,(H,20,21)/b19-14+. The molecule has 0 heterocycles. The van der Waals surface area contributed by atoms with Gasteiger partial charge in [-0.05, 0) is 43.7 Å². The SMILES string of the molecule is CCCCc1ccc(/C(C)=N/NC(=O)C2CCCC2)cc1. The van der Waals surface area contributed by atoms with E-state index in [1.807, 2.05) is 6.92 Å². The fourth-order valence-electron chi connectivity index (χ4n) is 2.78. The van der Waals surface area contributed by atoms with Crippen LogP contribution in [0.4, 0.5) is 0 Å². The average Bonchev–Trinajstić information content (AvgIpc) is 3.05. The van der Waals surface area contributed by atoms with Gasteiger partial charge in [-0.25, -0.2) is 5.43 Å². The molecule has 0 atom stereocenters. The Morgan fingerprint density at radius 3 is 2.52 bits per heavy atom. The first-order valence-corrected chi connectivity index (χ1v) is 8.14. The molecule has 3 nitrogen and oxygen atoms in total. The molecule has 1 N–H and O–H groups in total. The van der Waals surface area contributed by atoms with Crippen molar-refractivity contribution in [3.8, 4) is 0 Å². The van der Waals surface area contributed by atoms with Gasteiger partial charge in [0.05, 0.1) is 5.71 Å². The fraction of sp³-hybridized carbons (Fsp3) is 0.556. The first-order chi connectivity index (χ1) is 10.2. The minimum absolute atomic E-state index is 0.0754.